The molecule has 0 saturated carbocycles. The number of nitrogens with zero attached hydrogens (tertiary/aromatic N) is 1. The smallest absolute Gasteiger partial charge is 0.215 e. The van der Waals surface area contributed by atoms with Gasteiger partial charge in [0.15, 0.2) is 11.5 Å². The summed E-state index contributed by atoms with van der Waals surface area (Å²) in [5.74, 6) is -0.843. The Labute approximate surface area is 79.2 Å². The van der Waals surface area contributed by atoms with Crippen LogP contribution < -0.4 is 0 Å². The lowest BCUT2D eigenvalue weighted by Crippen LogP contribution is -2.15. The van der Waals surface area contributed by atoms with E-state index in [4.69, 9.17) is 0 Å². The van der Waals surface area contributed by atoms with Crippen molar-refractivity contribution in [1.29, 1.82) is 0 Å². The van der Waals surface area contributed by atoms with Crippen LogP contribution in [0.5, 0.6) is 0 Å². The van der Waals surface area contributed by atoms with E-state index < -0.39 is 5.78 Å². The second-order valence-electron chi connectivity index (χ2n) is 2.86. The van der Waals surface area contributed by atoms with Crippen molar-refractivity contribution in [3.63, 3.8) is 0 Å². The molecule has 2 rings (SSSR count). The molecule has 0 N–H and O–H groups in total. The number of allylic oxidation sites excluding steroid dienone is 2. The van der Waals surface area contributed by atoms with Gasteiger partial charge in [-0.1, -0.05) is 24.3 Å². The zero-order chi connectivity index (χ0) is 10.1. The fourth-order valence-corrected chi connectivity index (χ4v) is 1.37. The van der Waals surface area contributed by atoms with Gasteiger partial charge in [0.05, 0.1) is 0 Å². The SMILES string of the molecule is O=NC1=CC(=O)c2ccccc2C1=O. The predicted octanol–water partition coefficient (Wildman–Crippen LogP) is 1.72. The number of benzene rings is 1. The largest absolute Gasteiger partial charge is 0.289 e. The molecule has 14 heavy (non-hydrogen) atoms. The zero-order valence-electron chi connectivity index (χ0n) is 7.06. The van der Waals surface area contributed by atoms with Crippen molar-refractivity contribution in [2.75, 3.05) is 0 Å². The number of hydrogen-bond acceptors (Lipinski definition) is 4. The summed E-state index contributed by atoms with van der Waals surface area (Å²) in [5.41, 5.74) is 0.244. The number of carbonyl (C=O) groups excluding carboxylic acids is 2. The third-order valence-corrected chi connectivity index (χ3v) is 2.04. The van der Waals surface area contributed by atoms with Crippen LogP contribution in [0, 0.1) is 4.91 Å². The van der Waals surface area contributed by atoms with Crippen LogP contribution in [-0.2, 0) is 0 Å². The molecule has 0 unspecified atom stereocenters. The molecule has 1 aliphatic rings. The van der Waals surface area contributed by atoms with E-state index in [1.807, 2.05) is 0 Å². The highest BCUT2D eigenvalue weighted by Crippen LogP contribution is 2.21. The standard InChI is InChI=1S/C10H5NO3/c12-9-5-8(11-14)10(13)7-4-2-1-3-6(7)9/h1-5H. The van der Waals surface area contributed by atoms with E-state index in [9.17, 15) is 14.5 Å². The number of rotatable bonds is 1. The summed E-state index contributed by atoms with van der Waals surface area (Å²) in [4.78, 5) is 33.1. The number of Topliss-reactive ketones (excluding diaryl/α,β-unsaturated/α-hetero) is 1. The van der Waals surface area contributed by atoms with Crippen LogP contribution in [-0.4, -0.2) is 11.6 Å². The van der Waals surface area contributed by atoms with Gasteiger partial charge in [0.1, 0.15) is 0 Å². The molecule has 0 aliphatic heterocycles. The monoisotopic (exact) mass is 187 g/mol. The lowest BCUT2D eigenvalue weighted by Gasteiger charge is -2.09. The van der Waals surface area contributed by atoms with Crippen LogP contribution in [0.4, 0.5) is 0 Å². The molecule has 0 bridgehead atoms. The van der Waals surface area contributed by atoms with Crippen LogP contribution in [0.1, 0.15) is 20.7 Å². The second kappa shape index (κ2) is 2.99. The number of hydrogen-bond donors (Lipinski definition) is 0. The normalized spacial score (nSPS) is 14.7. The molecular weight excluding hydrogens is 182 g/mol. The fourth-order valence-electron chi connectivity index (χ4n) is 1.37. The highest BCUT2D eigenvalue weighted by molar-refractivity contribution is 6.24. The van der Waals surface area contributed by atoms with Gasteiger partial charge in [-0.25, -0.2) is 0 Å². The topological polar surface area (TPSA) is 63.6 Å². The molecule has 1 aliphatic carbocycles. The highest BCUT2D eigenvalue weighted by atomic mass is 16.3. The summed E-state index contributed by atoms with van der Waals surface area (Å²) in [6, 6.07) is 6.36. The second-order valence-corrected chi connectivity index (χ2v) is 2.86. The summed E-state index contributed by atoms with van der Waals surface area (Å²) >= 11 is 0. The van der Waals surface area contributed by atoms with Crippen LogP contribution in [0.25, 0.3) is 0 Å². The van der Waals surface area contributed by atoms with Gasteiger partial charge in [-0.15, -0.1) is 4.91 Å². The molecule has 0 aromatic heterocycles. The first-order valence-electron chi connectivity index (χ1n) is 3.97. The average Bonchev–Trinajstić information content (AvgIpc) is 2.23. The predicted molar refractivity (Wildman–Crippen MR) is 49.0 cm³/mol. The van der Waals surface area contributed by atoms with Gasteiger partial charge in [0, 0.05) is 17.2 Å². The van der Waals surface area contributed by atoms with Crippen molar-refractivity contribution >= 4 is 11.6 Å². The molecule has 0 atom stereocenters. The third-order valence-electron chi connectivity index (χ3n) is 2.04. The van der Waals surface area contributed by atoms with Crippen molar-refractivity contribution in [3.8, 4) is 0 Å². The Morgan fingerprint density at radius 1 is 1.00 bits per heavy atom. The summed E-state index contributed by atoms with van der Waals surface area (Å²) in [6.07, 6.45) is 0.970. The molecule has 0 fully saturated rings. The van der Waals surface area contributed by atoms with E-state index >= 15 is 0 Å². The van der Waals surface area contributed by atoms with Gasteiger partial charge < -0.3 is 0 Å². The van der Waals surface area contributed by atoms with Crippen molar-refractivity contribution in [2.45, 2.75) is 0 Å². The zero-order valence-corrected chi connectivity index (χ0v) is 7.06. The van der Waals surface area contributed by atoms with Gasteiger partial charge in [-0.05, 0) is 5.18 Å². The van der Waals surface area contributed by atoms with Gasteiger partial charge in [-0.3, -0.25) is 9.59 Å². The van der Waals surface area contributed by atoms with E-state index in [2.05, 4.69) is 5.18 Å². The maximum absolute atomic E-state index is 11.5. The Morgan fingerprint density at radius 3 is 2.29 bits per heavy atom. The fraction of sp³-hybridized carbons (Fsp3) is 0. The quantitative estimate of drug-likeness (QED) is 0.628. The number of ketones is 2. The first kappa shape index (κ1) is 8.50. The summed E-state index contributed by atoms with van der Waals surface area (Å²) in [6.45, 7) is 0. The third kappa shape index (κ3) is 1.08. The molecule has 0 spiro atoms. The van der Waals surface area contributed by atoms with E-state index in [-0.39, 0.29) is 17.0 Å². The molecule has 0 saturated heterocycles. The van der Waals surface area contributed by atoms with Crippen LogP contribution in [0.15, 0.2) is 41.2 Å². The Morgan fingerprint density at radius 2 is 1.64 bits per heavy atom. The minimum atomic E-state index is -0.491. The van der Waals surface area contributed by atoms with Crippen molar-refractivity contribution < 1.29 is 9.59 Å². The molecule has 1 aromatic carbocycles. The summed E-state index contributed by atoms with van der Waals surface area (Å²) in [5, 5.41) is 2.52. The molecule has 1 aromatic rings. The maximum atomic E-state index is 11.5. The van der Waals surface area contributed by atoms with E-state index in [1.165, 1.54) is 6.07 Å². The van der Waals surface area contributed by atoms with Crippen molar-refractivity contribution in [2.24, 2.45) is 5.18 Å². The Bertz CT molecular complexity index is 474. The highest BCUT2D eigenvalue weighted by Gasteiger charge is 2.25. The van der Waals surface area contributed by atoms with Crippen LogP contribution in [0.3, 0.4) is 0 Å². The van der Waals surface area contributed by atoms with Crippen molar-refractivity contribution in [3.05, 3.63) is 52.1 Å². The number of carbonyl (C=O) groups is 2. The first-order chi connectivity index (χ1) is 6.74. The lowest BCUT2D eigenvalue weighted by molar-refractivity contribution is 0.0983. The lowest BCUT2D eigenvalue weighted by atomic mass is 9.93. The Hall–Kier alpha value is -2.10. The van der Waals surface area contributed by atoms with Crippen LogP contribution in [0.2, 0.25) is 0 Å². The molecule has 4 nitrogen and oxygen atoms in total. The molecule has 0 amide bonds. The molecule has 0 radical (unpaired) electrons. The van der Waals surface area contributed by atoms with Crippen molar-refractivity contribution in [1.82, 2.24) is 0 Å². The Kier molecular flexibility index (Phi) is 1.81. The molecular formula is C10H5NO3. The van der Waals surface area contributed by atoms with E-state index in [0.717, 1.165) is 6.08 Å². The molecule has 4 heteroatoms. The minimum Gasteiger partial charge on any atom is -0.289 e. The van der Waals surface area contributed by atoms with Gasteiger partial charge in [0.25, 0.3) is 0 Å². The average molecular weight is 187 g/mol. The Balaban J connectivity index is 2.66. The number of fused-ring (bicyclic) bond motifs is 1. The molecule has 68 valence electrons. The van der Waals surface area contributed by atoms with E-state index in [1.54, 1.807) is 18.2 Å². The molecule has 0 heterocycles. The van der Waals surface area contributed by atoms with E-state index in [0.29, 0.717) is 5.56 Å². The van der Waals surface area contributed by atoms with Gasteiger partial charge in [0.2, 0.25) is 5.78 Å². The minimum absolute atomic E-state index is 0.245. The van der Waals surface area contributed by atoms with Gasteiger partial charge >= 0.3 is 0 Å². The van der Waals surface area contributed by atoms with Crippen LogP contribution >= 0.6 is 0 Å². The maximum Gasteiger partial charge on any atom is 0.215 e. The number of nitroso groups, excluding NO2 is 1. The van der Waals surface area contributed by atoms with Gasteiger partial charge in [-0.2, -0.15) is 0 Å². The summed E-state index contributed by atoms with van der Waals surface area (Å²) in [7, 11) is 0. The first-order valence-corrected chi connectivity index (χ1v) is 3.97. The summed E-state index contributed by atoms with van der Waals surface area (Å²) < 4.78 is 0.